The van der Waals surface area contributed by atoms with Gasteiger partial charge in [0.2, 0.25) is 0 Å². The number of aromatic nitrogens is 3. The van der Waals surface area contributed by atoms with E-state index in [0.29, 0.717) is 6.42 Å². The maximum Gasteiger partial charge on any atom is 0.191 e. The topological polar surface area (TPSA) is 47.8 Å². The summed E-state index contributed by atoms with van der Waals surface area (Å²) in [6, 6.07) is 8.21. The lowest BCUT2D eigenvalue weighted by Crippen LogP contribution is -1.97. The zero-order valence-corrected chi connectivity index (χ0v) is 12.2. The van der Waals surface area contributed by atoms with E-state index in [1.54, 1.807) is 18.7 Å². The number of ketones is 1. The van der Waals surface area contributed by atoms with Gasteiger partial charge in [-0.05, 0) is 13.8 Å². The smallest absolute Gasteiger partial charge is 0.191 e. The summed E-state index contributed by atoms with van der Waals surface area (Å²) in [7, 11) is 1.95. The van der Waals surface area contributed by atoms with Gasteiger partial charge < -0.3 is 4.57 Å². The summed E-state index contributed by atoms with van der Waals surface area (Å²) in [6.45, 7) is 3.67. The molecular weight excluding hydrogens is 258 g/mol. The third kappa shape index (κ3) is 3.44. The molecule has 0 radical (unpaired) electrons. The second kappa shape index (κ2) is 6.02. The lowest BCUT2D eigenvalue weighted by Gasteiger charge is -2.03. The summed E-state index contributed by atoms with van der Waals surface area (Å²) >= 11 is 1.56. The molecule has 0 saturated carbocycles. The summed E-state index contributed by atoms with van der Waals surface area (Å²) in [5, 5.41) is 9.24. The Hall–Kier alpha value is -1.62. The van der Waals surface area contributed by atoms with Crippen LogP contribution in [0.15, 0.2) is 29.4 Å². The predicted molar refractivity (Wildman–Crippen MR) is 77.2 cm³/mol. The molecule has 2 rings (SSSR count). The Morgan fingerprint density at radius 1 is 1.26 bits per heavy atom. The first-order chi connectivity index (χ1) is 9.08. The second-order valence-corrected chi connectivity index (χ2v) is 5.59. The van der Waals surface area contributed by atoms with E-state index < -0.39 is 0 Å². The summed E-state index contributed by atoms with van der Waals surface area (Å²) in [5.74, 6) is 1.80. The average molecular weight is 275 g/mol. The molecule has 0 unspecified atom stereocenters. The summed E-state index contributed by atoms with van der Waals surface area (Å²) in [4.78, 5) is 10.9. The number of hydrogen-bond acceptors (Lipinski definition) is 4. The molecule has 1 aromatic heterocycles. The van der Waals surface area contributed by atoms with Gasteiger partial charge in [0.15, 0.2) is 11.0 Å². The fraction of sp³-hybridized carbons (Fsp3) is 0.357. The lowest BCUT2D eigenvalue weighted by molar-refractivity contribution is -0.116. The monoisotopic (exact) mass is 275 g/mol. The second-order valence-electron chi connectivity index (χ2n) is 4.53. The molecule has 0 aliphatic heterocycles. The molecule has 0 amide bonds. The van der Waals surface area contributed by atoms with Crippen molar-refractivity contribution in [3.05, 3.63) is 29.8 Å². The Morgan fingerprint density at radius 2 is 1.95 bits per heavy atom. The Bertz CT molecular complexity index is 575. The van der Waals surface area contributed by atoms with Gasteiger partial charge in [-0.15, -0.1) is 10.2 Å². The van der Waals surface area contributed by atoms with Crippen molar-refractivity contribution in [3.8, 4) is 11.4 Å². The van der Waals surface area contributed by atoms with Crippen LogP contribution >= 0.6 is 11.8 Å². The first kappa shape index (κ1) is 13.8. The fourth-order valence-corrected chi connectivity index (χ4v) is 2.63. The molecule has 1 aromatic carbocycles. The summed E-state index contributed by atoms with van der Waals surface area (Å²) in [6.07, 6.45) is 0.567. The van der Waals surface area contributed by atoms with E-state index in [0.717, 1.165) is 22.3 Å². The largest absolute Gasteiger partial charge is 0.305 e. The molecule has 100 valence electrons. The number of carbonyl (C=O) groups is 1. The third-order valence-corrected chi connectivity index (χ3v) is 3.85. The van der Waals surface area contributed by atoms with Crippen LogP contribution in [0.25, 0.3) is 11.4 Å². The molecule has 0 bridgehead atoms. The SMILES string of the molecule is CC(=O)CCSc1nnc(-c2ccc(C)cc2)n1C. The van der Waals surface area contributed by atoms with E-state index in [1.165, 1.54) is 5.56 Å². The Balaban J connectivity index is 2.13. The molecule has 0 N–H and O–H groups in total. The van der Waals surface area contributed by atoms with Crippen molar-refractivity contribution in [2.24, 2.45) is 7.05 Å². The molecule has 5 heteroatoms. The number of hydrogen-bond donors (Lipinski definition) is 0. The molecule has 0 aliphatic rings. The zero-order chi connectivity index (χ0) is 13.8. The van der Waals surface area contributed by atoms with Crippen LogP contribution in [0.2, 0.25) is 0 Å². The Labute approximate surface area is 117 Å². The van der Waals surface area contributed by atoms with Crippen molar-refractivity contribution in [1.29, 1.82) is 0 Å². The highest BCUT2D eigenvalue weighted by atomic mass is 32.2. The van der Waals surface area contributed by atoms with E-state index in [2.05, 4.69) is 29.3 Å². The van der Waals surface area contributed by atoms with Crippen molar-refractivity contribution >= 4 is 17.5 Å². The summed E-state index contributed by atoms with van der Waals surface area (Å²) < 4.78 is 1.97. The quantitative estimate of drug-likeness (QED) is 0.787. The fourth-order valence-electron chi connectivity index (χ4n) is 1.68. The molecule has 0 spiro atoms. The number of benzene rings is 1. The van der Waals surface area contributed by atoms with Gasteiger partial charge in [0.25, 0.3) is 0 Å². The maximum absolute atomic E-state index is 10.9. The Kier molecular flexibility index (Phi) is 4.37. The van der Waals surface area contributed by atoms with Crippen LogP contribution in [0.4, 0.5) is 0 Å². The van der Waals surface area contributed by atoms with Gasteiger partial charge in [-0.3, -0.25) is 4.79 Å². The van der Waals surface area contributed by atoms with Crippen molar-refractivity contribution in [2.45, 2.75) is 25.4 Å². The highest BCUT2D eigenvalue weighted by Gasteiger charge is 2.11. The first-order valence-corrected chi connectivity index (χ1v) is 7.15. The minimum absolute atomic E-state index is 0.202. The van der Waals surface area contributed by atoms with Crippen molar-refractivity contribution in [2.75, 3.05) is 5.75 Å². The molecule has 4 nitrogen and oxygen atoms in total. The van der Waals surface area contributed by atoms with Gasteiger partial charge >= 0.3 is 0 Å². The summed E-state index contributed by atoms with van der Waals surface area (Å²) in [5.41, 5.74) is 2.28. The van der Waals surface area contributed by atoms with E-state index >= 15 is 0 Å². The molecular formula is C14H17N3OS. The highest BCUT2D eigenvalue weighted by Crippen LogP contribution is 2.23. The van der Waals surface area contributed by atoms with Crippen LogP contribution < -0.4 is 0 Å². The minimum atomic E-state index is 0.202. The number of aryl methyl sites for hydroxylation is 1. The normalized spacial score (nSPS) is 10.7. The first-order valence-electron chi connectivity index (χ1n) is 6.16. The van der Waals surface area contributed by atoms with Crippen LogP contribution in [-0.4, -0.2) is 26.3 Å². The molecule has 0 atom stereocenters. The lowest BCUT2D eigenvalue weighted by atomic mass is 10.1. The van der Waals surface area contributed by atoms with E-state index in [1.807, 2.05) is 23.7 Å². The van der Waals surface area contributed by atoms with Crippen LogP contribution in [0, 0.1) is 6.92 Å². The Morgan fingerprint density at radius 3 is 2.58 bits per heavy atom. The maximum atomic E-state index is 10.9. The highest BCUT2D eigenvalue weighted by molar-refractivity contribution is 7.99. The molecule has 19 heavy (non-hydrogen) atoms. The minimum Gasteiger partial charge on any atom is -0.305 e. The van der Waals surface area contributed by atoms with Gasteiger partial charge in [-0.2, -0.15) is 0 Å². The van der Waals surface area contributed by atoms with Gasteiger partial charge in [0.1, 0.15) is 5.78 Å². The van der Waals surface area contributed by atoms with Crippen molar-refractivity contribution in [3.63, 3.8) is 0 Å². The molecule has 2 aromatic rings. The zero-order valence-electron chi connectivity index (χ0n) is 11.4. The number of thioether (sulfide) groups is 1. The standard InChI is InChI=1S/C14H17N3OS/c1-10-4-6-12(7-5-10)13-15-16-14(17(13)3)19-9-8-11(2)18/h4-7H,8-9H2,1-3H3. The number of Topliss-reactive ketones (excluding diaryl/α,β-unsaturated/α-hetero) is 1. The molecule has 0 saturated heterocycles. The molecule has 1 heterocycles. The van der Waals surface area contributed by atoms with Crippen LogP contribution in [0.5, 0.6) is 0 Å². The molecule has 0 fully saturated rings. The predicted octanol–water partition coefficient (Wildman–Crippen LogP) is 2.86. The number of rotatable bonds is 5. The van der Waals surface area contributed by atoms with Crippen molar-refractivity contribution < 1.29 is 4.79 Å². The van der Waals surface area contributed by atoms with Crippen LogP contribution in [-0.2, 0) is 11.8 Å². The molecule has 0 aliphatic carbocycles. The number of nitrogens with zero attached hydrogens (tertiary/aromatic N) is 3. The van der Waals surface area contributed by atoms with Crippen LogP contribution in [0.3, 0.4) is 0 Å². The third-order valence-electron chi connectivity index (χ3n) is 2.83. The van der Waals surface area contributed by atoms with Crippen molar-refractivity contribution in [1.82, 2.24) is 14.8 Å². The van der Waals surface area contributed by atoms with Gasteiger partial charge in [0.05, 0.1) is 0 Å². The van der Waals surface area contributed by atoms with E-state index in [9.17, 15) is 4.79 Å². The van der Waals surface area contributed by atoms with E-state index in [-0.39, 0.29) is 5.78 Å². The number of carbonyl (C=O) groups excluding carboxylic acids is 1. The van der Waals surface area contributed by atoms with Gasteiger partial charge in [-0.1, -0.05) is 41.6 Å². The van der Waals surface area contributed by atoms with Gasteiger partial charge in [0, 0.05) is 24.8 Å². The van der Waals surface area contributed by atoms with Crippen LogP contribution in [0.1, 0.15) is 18.9 Å². The van der Waals surface area contributed by atoms with Gasteiger partial charge in [-0.25, -0.2) is 0 Å². The van der Waals surface area contributed by atoms with E-state index in [4.69, 9.17) is 0 Å². The average Bonchev–Trinajstić information content (AvgIpc) is 2.72.